The predicted octanol–water partition coefficient (Wildman–Crippen LogP) is 3.46. The Morgan fingerprint density at radius 3 is 2.56 bits per heavy atom. The lowest BCUT2D eigenvalue weighted by molar-refractivity contribution is -0.137. The van der Waals surface area contributed by atoms with Gasteiger partial charge in [0.15, 0.2) is 0 Å². The molecule has 7 heteroatoms. The van der Waals surface area contributed by atoms with E-state index in [9.17, 15) is 22.4 Å². The van der Waals surface area contributed by atoms with E-state index in [1.54, 1.807) is 0 Å². The van der Waals surface area contributed by atoms with Gasteiger partial charge < -0.3 is 10.6 Å². The number of benzene rings is 2. The molecule has 3 nitrogen and oxygen atoms in total. The minimum Gasteiger partial charge on any atom is -0.352 e. The molecule has 0 radical (unpaired) electrons. The van der Waals surface area contributed by atoms with Crippen molar-refractivity contribution < 1.29 is 22.4 Å². The lowest BCUT2D eigenvalue weighted by atomic mass is 9.97. The quantitative estimate of drug-likeness (QED) is 0.828. The van der Waals surface area contributed by atoms with E-state index in [-0.39, 0.29) is 16.7 Å². The molecule has 0 unspecified atom stereocenters. The zero-order chi connectivity index (χ0) is 18.0. The summed E-state index contributed by atoms with van der Waals surface area (Å²) < 4.78 is 52.3. The Morgan fingerprint density at radius 2 is 1.92 bits per heavy atom. The number of carbonyl (C=O) groups excluding carboxylic acids is 1. The zero-order valence-corrected chi connectivity index (χ0v) is 13.2. The molecule has 1 heterocycles. The van der Waals surface area contributed by atoms with Crippen LogP contribution in [-0.2, 0) is 6.18 Å². The molecule has 0 aromatic heterocycles. The highest BCUT2D eigenvalue weighted by Gasteiger charge is 2.30. The van der Waals surface area contributed by atoms with Crippen LogP contribution in [0.5, 0.6) is 0 Å². The zero-order valence-electron chi connectivity index (χ0n) is 13.2. The standard InChI is InChI=1S/C18H16F4N2O/c19-14-4-5-15(12-2-1-3-13(6-12)18(20,21)22)16(7-14)17(25)24-10-11-8-23-9-11/h1-7,11,23H,8-10H2,(H,24,25). The van der Waals surface area contributed by atoms with E-state index in [0.717, 1.165) is 37.4 Å². The van der Waals surface area contributed by atoms with Gasteiger partial charge in [0.25, 0.3) is 5.91 Å². The van der Waals surface area contributed by atoms with Gasteiger partial charge in [-0.25, -0.2) is 4.39 Å². The first kappa shape index (κ1) is 17.4. The van der Waals surface area contributed by atoms with Gasteiger partial charge in [0.2, 0.25) is 0 Å². The number of alkyl halides is 3. The largest absolute Gasteiger partial charge is 0.416 e. The number of carbonyl (C=O) groups is 1. The minimum atomic E-state index is -4.49. The first-order valence-corrected chi connectivity index (χ1v) is 7.80. The molecule has 132 valence electrons. The second-order valence-corrected chi connectivity index (χ2v) is 6.00. The number of nitrogens with one attached hydrogen (secondary N) is 2. The normalized spacial score (nSPS) is 14.9. The Bertz CT molecular complexity index is 785. The molecular formula is C18H16F4N2O. The van der Waals surface area contributed by atoms with Gasteiger partial charge in [0.1, 0.15) is 5.82 Å². The lowest BCUT2D eigenvalue weighted by Gasteiger charge is -2.27. The van der Waals surface area contributed by atoms with Crippen molar-refractivity contribution in [1.82, 2.24) is 10.6 Å². The lowest BCUT2D eigenvalue weighted by Crippen LogP contribution is -2.48. The minimum absolute atomic E-state index is 0.0200. The molecule has 0 spiro atoms. The van der Waals surface area contributed by atoms with E-state index in [2.05, 4.69) is 10.6 Å². The van der Waals surface area contributed by atoms with Crippen LogP contribution < -0.4 is 10.6 Å². The molecule has 0 atom stereocenters. The van der Waals surface area contributed by atoms with Gasteiger partial charge in [-0.3, -0.25) is 4.79 Å². The third-order valence-electron chi connectivity index (χ3n) is 4.14. The van der Waals surface area contributed by atoms with Crippen LogP contribution in [-0.4, -0.2) is 25.5 Å². The Hall–Kier alpha value is -2.41. The average molecular weight is 352 g/mol. The molecule has 0 saturated carbocycles. The van der Waals surface area contributed by atoms with Crippen molar-refractivity contribution >= 4 is 5.91 Å². The van der Waals surface area contributed by atoms with Crippen LogP contribution in [0.15, 0.2) is 42.5 Å². The van der Waals surface area contributed by atoms with Crippen LogP contribution in [0, 0.1) is 11.7 Å². The summed E-state index contributed by atoms with van der Waals surface area (Å²) in [4.78, 5) is 12.4. The molecule has 1 aliphatic heterocycles. The summed E-state index contributed by atoms with van der Waals surface area (Å²) in [6.45, 7) is 2.03. The Kier molecular flexibility index (Phi) is 4.76. The van der Waals surface area contributed by atoms with Gasteiger partial charge in [0.05, 0.1) is 11.1 Å². The third kappa shape index (κ3) is 3.99. The smallest absolute Gasteiger partial charge is 0.352 e. The number of hydrogen-bond acceptors (Lipinski definition) is 2. The summed E-state index contributed by atoms with van der Waals surface area (Å²) in [7, 11) is 0. The van der Waals surface area contributed by atoms with Crippen molar-refractivity contribution in [2.75, 3.05) is 19.6 Å². The van der Waals surface area contributed by atoms with Crippen LogP contribution in [0.4, 0.5) is 17.6 Å². The maximum Gasteiger partial charge on any atom is 0.416 e. The third-order valence-corrected chi connectivity index (χ3v) is 4.14. The summed E-state index contributed by atoms with van der Waals surface area (Å²) in [5, 5.41) is 5.79. The van der Waals surface area contributed by atoms with E-state index >= 15 is 0 Å². The second kappa shape index (κ2) is 6.84. The van der Waals surface area contributed by atoms with Crippen LogP contribution in [0.3, 0.4) is 0 Å². The summed E-state index contributed by atoms with van der Waals surface area (Å²) in [5.41, 5.74) is -0.324. The van der Waals surface area contributed by atoms with E-state index in [1.807, 2.05) is 0 Å². The van der Waals surface area contributed by atoms with E-state index in [1.165, 1.54) is 18.2 Å². The molecule has 1 aliphatic rings. The fraction of sp³-hybridized carbons (Fsp3) is 0.278. The SMILES string of the molecule is O=C(NCC1CNC1)c1cc(F)ccc1-c1cccc(C(F)(F)F)c1. The van der Waals surface area contributed by atoms with Gasteiger partial charge in [-0.15, -0.1) is 0 Å². The van der Waals surface area contributed by atoms with Gasteiger partial charge in [0, 0.05) is 25.6 Å². The molecule has 2 aromatic rings. The van der Waals surface area contributed by atoms with Gasteiger partial charge in [-0.1, -0.05) is 18.2 Å². The van der Waals surface area contributed by atoms with Crippen molar-refractivity contribution in [2.24, 2.45) is 5.92 Å². The molecule has 1 fully saturated rings. The molecule has 1 saturated heterocycles. The number of halogens is 4. The van der Waals surface area contributed by atoms with E-state index in [4.69, 9.17) is 0 Å². The van der Waals surface area contributed by atoms with Crippen molar-refractivity contribution in [1.29, 1.82) is 0 Å². The molecule has 0 bridgehead atoms. The highest BCUT2D eigenvalue weighted by atomic mass is 19.4. The molecule has 2 aromatic carbocycles. The Morgan fingerprint density at radius 1 is 1.16 bits per heavy atom. The fourth-order valence-electron chi connectivity index (χ4n) is 2.64. The molecule has 3 rings (SSSR count). The summed E-state index contributed by atoms with van der Waals surface area (Å²) in [5.74, 6) is -0.806. The van der Waals surface area contributed by atoms with E-state index < -0.39 is 23.5 Å². The molecule has 0 aliphatic carbocycles. The predicted molar refractivity (Wildman–Crippen MR) is 85.5 cm³/mol. The van der Waals surface area contributed by atoms with Crippen LogP contribution in [0.1, 0.15) is 15.9 Å². The molecule has 1 amide bonds. The number of rotatable bonds is 4. The van der Waals surface area contributed by atoms with Crippen molar-refractivity contribution in [3.63, 3.8) is 0 Å². The maximum atomic E-state index is 13.6. The average Bonchev–Trinajstić information content (AvgIpc) is 2.52. The summed E-state index contributed by atoms with van der Waals surface area (Å²) >= 11 is 0. The highest BCUT2D eigenvalue weighted by Crippen LogP contribution is 2.33. The molecule has 25 heavy (non-hydrogen) atoms. The molecule has 2 N–H and O–H groups in total. The van der Waals surface area contributed by atoms with Gasteiger partial charge in [-0.2, -0.15) is 13.2 Å². The van der Waals surface area contributed by atoms with Gasteiger partial charge in [-0.05, 0) is 35.4 Å². The summed E-state index contributed by atoms with van der Waals surface area (Å²) in [6.07, 6.45) is -4.49. The highest BCUT2D eigenvalue weighted by molar-refractivity contribution is 6.01. The second-order valence-electron chi connectivity index (χ2n) is 6.00. The van der Waals surface area contributed by atoms with Crippen molar-refractivity contribution in [2.45, 2.75) is 6.18 Å². The molecular weight excluding hydrogens is 336 g/mol. The van der Waals surface area contributed by atoms with Crippen LogP contribution in [0.2, 0.25) is 0 Å². The van der Waals surface area contributed by atoms with Gasteiger partial charge >= 0.3 is 6.18 Å². The van der Waals surface area contributed by atoms with Crippen molar-refractivity contribution in [3.05, 3.63) is 59.4 Å². The Labute approximate surface area is 142 Å². The fourth-order valence-corrected chi connectivity index (χ4v) is 2.64. The Balaban J connectivity index is 1.92. The van der Waals surface area contributed by atoms with Crippen LogP contribution >= 0.6 is 0 Å². The topological polar surface area (TPSA) is 41.1 Å². The number of amides is 1. The summed E-state index contributed by atoms with van der Waals surface area (Å²) in [6, 6.07) is 8.14. The van der Waals surface area contributed by atoms with E-state index in [0.29, 0.717) is 12.5 Å². The number of hydrogen-bond donors (Lipinski definition) is 2. The monoisotopic (exact) mass is 352 g/mol. The first-order valence-electron chi connectivity index (χ1n) is 7.80. The van der Waals surface area contributed by atoms with Crippen molar-refractivity contribution in [3.8, 4) is 11.1 Å². The first-order chi connectivity index (χ1) is 11.8. The maximum absolute atomic E-state index is 13.6. The van der Waals surface area contributed by atoms with Crippen LogP contribution in [0.25, 0.3) is 11.1 Å².